The van der Waals surface area contributed by atoms with Crippen molar-refractivity contribution in [3.63, 3.8) is 0 Å². The summed E-state index contributed by atoms with van der Waals surface area (Å²) in [6.07, 6.45) is 2.48. The molecule has 2 unspecified atom stereocenters. The minimum atomic E-state index is 0.536. The molecular formula is C15H24N2. The lowest BCUT2D eigenvalue weighted by atomic mass is 10.0. The third kappa shape index (κ3) is 3.08. The summed E-state index contributed by atoms with van der Waals surface area (Å²) in [5, 5.41) is 3.56. The highest BCUT2D eigenvalue weighted by atomic mass is 15.2. The second-order valence-corrected chi connectivity index (χ2v) is 4.98. The molecule has 1 aromatic rings. The molecule has 1 aromatic carbocycles. The van der Waals surface area contributed by atoms with Gasteiger partial charge in [-0.2, -0.15) is 0 Å². The van der Waals surface area contributed by atoms with Gasteiger partial charge in [0, 0.05) is 25.2 Å². The zero-order valence-corrected chi connectivity index (χ0v) is 11.0. The minimum Gasteiger partial charge on any atom is -0.315 e. The fraction of sp³-hybridized carbons (Fsp3) is 0.600. The van der Waals surface area contributed by atoms with Gasteiger partial charge in [0.05, 0.1) is 0 Å². The van der Waals surface area contributed by atoms with Crippen molar-refractivity contribution in [2.24, 2.45) is 0 Å². The average Bonchev–Trinajstić information content (AvgIpc) is 2.64. The molecule has 1 fully saturated rings. The van der Waals surface area contributed by atoms with Gasteiger partial charge in [-0.1, -0.05) is 37.3 Å². The molecule has 0 amide bonds. The molecule has 17 heavy (non-hydrogen) atoms. The Balaban J connectivity index is 2.20. The van der Waals surface area contributed by atoms with E-state index >= 15 is 0 Å². The number of hydrogen-bond donors (Lipinski definition) is 1. The predicted molar refractivity (Wildman–Crippen MR) is 73.1 cm³/mol. The van der Waals surface area contributed by atoms with E-state index in [4.69, 9.17) is 0 Å². The van der Waals surface area contributed by atoms with Gasteiger partial charge in [0.15, 0.2) is 0 Å². The second kappa shape index (κ2) is 6.18. The highest BCUT2D eigenvalue weighted by molar-refractivity contribution is 5.20. The molecule has 2 heteroatoms. The van der Waals surface area contributed by atoms with Gasteiger partial charge in [-0.25, -0.2) is 0 Å². The average molecular weight is 232 g/mol. The van der Waals surface area contributed by atoms with Gasteiger partial charge in [-0.05, 0) is 31.9 Å². The second-order valence-electron chi connectivity index (χ2n) is 4.98. The molecule has 0 saturated carbocycles. The van der Waals surface area contributed by atoms with E-state index in [-0.39, 0.29) is 0 Å². The molecule has 0 bridgehead atoms. The van der Waals surface area contributed by atoms with E-state index in [1.54, 1.807) is 0 Å². The Labute approximate surface area is 105 Å². The van der Waals surface area contributed by atoms with E-state index in [0.717, 1.165) is 13.1 Å². The van der Waals surface area contributed by atoms with Crippen LogP contribution in [0.1, 0.15) is 38.3 Å². The normalized spacial score (nSPS) is 24.2. The molecule has 0 aromatic heterocycles. The zero-order valence-electron chi connectivity index (χ0n) is 11.0. The van der Waals surface area contributed by atoms with Crippen LogP contribution in [0.2, 0.25) is 0 Å². The summed E-state index contributed by atoms with van der Waals surface area (Å²) in [4.78, 5) is 2.66. The fourth-order valence-corrected chi connectivity index (χ4v) is 2.65. The largest absolute Gasteiger partial charge is 0.315 e. The van der Waals surface area contributed by atoms with Crippen LogP contribution in [0.5, 0.6) is 0 Å². The smallest absolute Gasteiger partial charge is 0.0475 e. The first-order valence-corrected chi connectivity index (χ1v) is 6.84. The molecule has 2 atom stereocenters. The van der Waals surface area contributed by atoms with Crippen molar-refractivity contribution in [3.8, 4) is 0 Å². The van der Waals surface area contributed by atoms with E-state index in [9.17, 15) is 0 Å². The van der Waals surface area contributed by atoms with Crippen LogP contribution in [-0.4, -0.2) is 30.6 Å². The molecule has 1 heterocycles. The zero-order chi connectivity index (χ0) is 12.1. The SMILES string of the molecule is CCC(C)N1CCCNCC1c1ccccc1. The van der Waals surface area contributed by atoms with E-state index in [1.807, 2.05) is 0 Å². The third-order valence-corrected chi connectivity index (χ3v) is 3.85. The number of rotatable bonds is 3. The van der Waals surface area contributed by atoms with Crippen molar-refractivity contribution in [3.05, 3.63) is 35.9 Å². The Hall–Kier alpha value is -0.860. The minimum absolute atomic E-state index is 0.536. The van der Waals surface area contributed by atoms with Crippen LogP contribution in [0.15, 0.2) is 30.3 Å². The van der Waals surface area contributed by atoms with Crippen molar-refractivity contribution in [2.75, 3.05) is 19.6 Å². The highest BCUT2D eigenvalue weighted by Crippen LogP contribution is 2.25. The third-order valence-electron chi connectivity index (χ3n) is 3.85. The van der Waals surface area contributed by atoms with Crippen molar-refractivity contribution >= 4 is 0 Å². The molecule has 1 aliphatic rings. The van der Waals surface area contributed by atoms with Crippen molar-refractivity contribution in [2.45, 2.75) is 38.8 Å². The van der Waals surface area contributed by atoms with Crippen LogP contribution >= 0.6 is 0 Å². The molecule has 0 spiro atoms. The van der Waals surface area contributed by atoms with E-state index in [1.165, 1.54) is 24.9 Å². The van der Waals surface area contributed by atoms with Crippen molar-refractivity contribution in [1.82, 2.24) is 10.2 Å². The van der Waals surface area contributed by atoms with Crippen LogP contribution in [0.25, 0.3) is 0 Å². The first-order chi connectivity index (χ1) is 8.33. The number of nitrogens with one attached hydrogen (secondary N) is 1. The molecule has 2 nitrogen and oxygen atoms in total. The fourth-order valence-electron chi connectivity index (χ4n) is 2.65. The molecule has 0 radical (unpaired) electrons. The van der Waals surface area contributed by atoms with Gasteiger partial charge in [0.1, 0.15) is 0 Å². The van der Waals surface area contributed by atoms with Crippen LogP contribution in [0, 0.1) is 0 Å². The van der Waals surface area contributed by atoms with Gasteiger partial charge in [0.2, 0.25) is 0 Å². The van der Waals surface area contributed by atoms with Crippen molar-refractivity contribution in [1.29, 1.82) is 0 Å². The van der Waals surface area contributed by atoms with Crippen LogP contribution < -0.4 is 5.32 Å². The van der Waals surface area contributed by atoms with E-state index < -0.39 is 0 Å². The molecule has 1 aliphatic heterocycles. The number of nitrogens with zero attached hydrogens (tertiary/aromatic N) is 1. The predicted octanol–water partition coefficient (Wildman–Crippen LogP) is 2.82. The molecular weight excluding hydrogens is 208 g/mol. The maximum absolute atomic E-state index is 3.56. The summed E-state index contributed by atoms with van der Waals surface area (Å²) >= 11 is 0. The van der Waals surface area contributed by atoms with Gasteiger partial charge in [0.25, 0.3) is 0 Å². The lowest BCUT2D eigenvalue weighted by molar-refractivity contribution is 0.150. The quantitative estimate of drug-likeness (QED) is 0.862. The summed E-state index contributed by atoms with van der Waals surface area (Å²) in [6, 6.07) is 12.1. The van der Waals surface area contributed by atoms with Gasteiger partial charge in [-0.3, -0.25) is 4.90 Å². The Morgan fingerprint density at radius 1 is 1.35 bits per heavy atom. The van der Waals surface area contributed by atoms with Crippen LogP contribution in [0.4, 0.5) is 0 Å². The van der Waals surface area contributed by atoms with Crippen molar-refractivity contribution < 1.29 is 0 Å². The molecule has 2 rings (SSSR count). The van der Waals surface area contributed by atoms with Crippen LogP contribution in [-0.2, 0) is 0 Å². The standard InChI is InChI=1S/C15H24N2/c1-3-13(2)17-11-7-10-16-12-15(17)14-8-5-4-6-9-14/h4-6,8-9,13,15-16H,3,7,10-12H2,1-2H3. The Bertz CT molecular complexity index is 323. The van der Waals surface area contributed by atoms with Gasteiger partial charge < -0.3 is 5.32 Å². The maximum atomic E-state index is 3.56. The summed E-state index contributed by atoms with van der Waals surface area (Å²) in [5.41, 5.74) is 1.45. The first kappa shape index (κ1) is 12.6. The van der Waals surface area contributed by atoms with Gasteiger partial charge in [-0.15, -0.1) is 0 Å². The summed E-state index contributed by atoms with van der Waals surface area (Å²) in [6.45, 7) is 8.07. The highest BCUT2D eigenvalue weighted by Gasteiger charge is 2.25. The van der Waals surface area contributed by atoms with Gasteiger partial charge >= 0.3 is 0 Å². The number of benzene rings is 1. The monoisotopic (exact) mass is 232 g/mol. The lowest BCUT2D eigenvalue weighted by Gasteiger charge is -2.34. The molecule has 1 N–H and O–H groups in total. The summed E-state index contributed by atoms with van der Waals surface area (Å²) in [7, 11) is 0. The molecule has 0 aliphatic carbocycles. The van der Waals surface area contributed by atoms with E-state index in [2.05, 4.69) is 54.4 Å². The van der Waals surface area contributed by atoms with Crippen LogP contribution in [0.3, 0.4) is 0 Å². The first-order valence-electron chi connectivity index (χ1n) is 6.84. The lowest BCUT2D eigenvalue weighted by Crippen LogP contribution is -2.38. The topological polar surface area (TPSA) is 15.3 Å². The molecule has 1 saturated heterocycles. The Morgan fingerprint density at radius 3 is 2.82 bits per heavy atom. The summed E-state index contributed by atoms with van der Waals surface area (Å²) < 4.78 is 0. The summed E-state index contributed by atoms with van der Waals surface area (Å²) in [5.74, 6) is 0. The maximum Gasteiger partial charge on any atom is 0.0475 e. The Kier molecular flexibility index (Phi) is 4.57. The van der Waals surface area contributed by atoms with E-state index in [0.29, 0.717) is 12.1 Å². The Morgan fingerprint density at radius 2 is 2.12 bits per heavy atom. The number of hydrogen-bond acceptors (Lipinski definition) is 2. The molecule has 94 valence electrons.